The molecule has 0 amide bonds. The Morgan fingerprint density at radius 2 is 0.917 bits per heavy atom. The van der Waals surface area contributed by atoms with Gasteiger partial charge in [-0.1, -0.05) is 190 Å². The molecular weight excluding hydrogens is 723 g/mol. The lowest BCUT2D eigenvalue weighted by Crippen LogP contribution is -2.27. The zero-order valence-electron chi connectivity index (χ0n) is 33.7. The standard InChI is InChI=1S/C59H41N/c1-59(2)54-24-12-18-41-30-34-46(43-27-26-39-16-6-7-17-42(39)36-43)57(56(41)54)52-23-13-25-55(58(52)59)60(44-31-28-40(29-32-44)38-14-4-3-5-15-38)45-33-35-51-49-21-9-8-19-47(49)48-20-10-11-22-50(48)53(51)37-45/h3-37H,1-2H3. The highest BCUT2D eigenvalue weighted by atomic mass is 15.1. The third-order valence-corrected chi connectivity index (χ3v) is 13.2. The highest BCUT2D eigenvalue weighted by molar-refractivity contribution is 6.26. The van der Waals surface area contributed by atoms with Crippen LogP contribution in [0.3, 0.4) is 0 Å². The van der Waals surface area contributed by atoms with Gasteiger partial charge in [0.25, 0.3) is 0 Å². The lowest BCUT2D eigenvalue weighted by atomic mass is 9.66. The SMILES string of the molecule is CC1(C)c2c(cccc2N(c2ccc(-c3ccccc3)cc2)c2ccc3c4ccccc4c4ccccc4c3c2)-c2c(-c3ccc4ccccc4c3)ccc3cccc1c23. The van der Waals surface area contributed by atoms with E-state index in [1.54, 1.807) is 0 Å². The van der Waals surface area contributed by atoms with Gasteiger partial charge in [0.2, 0.25) is 0 Å². The van der Waals surface area contributed by atoms with Crippen molar-refractivity contribution in [3.8, 4) is 33.4 Å². The van der Waals surface area contributed by atoms with Gasteiger partial charge >= 0.3 is 0 Å². The fourth-order valence-corrected chi connectivity index (χ4v) is 10.4. The van der Waals surface area contributed by atoms with E-state index in [1.807, 2.05) is 0 Å². The van der Waals surface area contributed by atoms with E-state index in [1.165, 1.54) is 104 Å². The molecule has 0 bridgehead atoms. The maximum Gasteiger partial charge on any atom is 0.0508 e. The minimum Gasteiger partial charge on any atom is -0.310 e. The fourth-order valence-electron chi connectivity index (χ4n) is 10.4. The molecule has 0 unspecified atom stereocenters. The number of hydrogen-bond donors (Lipinski definition) is 0. The summed E-state index contributed by atoms with van der Waals surface area (Å²) >= 11 is 0. The maximum atomic E-state index is 2.52. The average Bonchev–Trinajstić information content (AvgIpc) is 3.31. The van der Waals surface area contributed by atoms with Gasteiger partial charge in [-0.15, -0.1) is 0 Å². The predicted molar refractivity (Wildman–Crippen MR) is 257 cm³/mol. The van der Waals surface area contributed by atoms with Gasteiger partial charge in [0, 0.05) is 16.8 Å². The molecule has 0 N–H and O–H groups in total. The summed E-state index contributed by atoms with van der Waals surface area (Å²) in [5.41, 5.74) is 13.3. The summed E-state index contributed by atoms with van der Waals surface area (Å²) in [6, 6.07) is 78.8. The molecule has 0 saturated carbocycles. The van der Waals surface area contributed by atoms with Crippen LogP contribution in [0.5, 0.6) is 0 Å². The first-order valence-electron chi connectivity index (χ1n) is 21.0. The molecule has 12 rings (SSSR count). The molecule has 0 radical (unpaired) electrons. The van der Waals surface area contributed by atoms with E-state index in [9.17, 15) is 0 Å². The largest absolute Gasteiger partial charge is 0.310 e. The van der Waals surface area contributed by atoms with Crippen molar-refractivity contribution in [1.29, 1.82) is 0 Å². The highest BCUT2D eigenvalue weighted by Gasteiger charge is 2.38. The van der Waals surface area contributed by atoms with E-state index in [2.05, 4.69) is 231 Å². The molecule has 1 aliphatic rings. The number of rotatable bonds is 5. The van der Waals surface area contributed by atoms with Crippen molar-refractivity contribution >= 4 is 70.9 Å². The van der Waals surface area contributed by atoms with Gasteiger partial charge in [-0.2, -0.15) is 0 Å². The molecule has 0 atom stereocenters. The van der Waals surface area contributed by atoms with Gasteiger partial charge in [-0.25, -0.2) is 0 Å². The van der Waals surface area contributed by atoms with Crippen molar-refractivity contribution in [3.63, 3.8) is 0 Å². The first-order valence-corrected chi connectivity index (χ1v) is 21.0. The third-order valence-electron chi connectivity index (χ3n) is 13.2. The Labute approximate surface area is 350 Å². The first kappa shape index (κ1) is 34.6. The molecule has 11 aromatic rings. The van der Waals surface area contributed by atoms with E-state index in [0.717, 1.165) is 11.4 Å². The van der Waals surface area contributed by atoms with Crippen molar-refractivity contribution in [2.24, 2.45) is 0 Å². The monoisotopic (exact) mass is 763 g/mol. The predicted octanol–water partition coefficient (Wildman–Crippen LogP) is 16.6. The van der Waals surface area contributed by atoms with Crippen LogP contribution in [0.15, 0.2) is 212 Å². The Kier molecular flexibility index (Phi) is 7.65. The zero-order valence-corrected chi connectivity index (χ0v) is 33.7. The van der Waals surface area contributed by atoms with Crippen LogP contribution in [0.4, 0.5) is 17.1 Å². The lowest BCUT2D eigenvalue weighted by molar-refractivity contribution is 0.646. The second-order valence-electron chi connectivity index (χ2n) is 16.8. The lowest BCUT2D eigenvalue weighted by Gasteiger charge is -2.40. The van der Waals surface area contributed by atoms with Crippen LogP contribution < -0.4 is 4.90 Å². The Balaban J connectivity index is 1.14. The van der Waals surface area contributed by atoms with Crippen LogP contribution in [-0.4, -0.2) is 0 Å². The van der Waals surface area contributed by atoms with E-state index in [4.69, 9.17) is 0 Å². The minimum absolute atomic E-state index is 0.317. The van der Waals surface area contributed by atoms with Gasteiger partial charge in [0.05, 0.1) is 5.69 Å². The summed E-state index contributed by atoms with van der Waals surface area (Å²) in [5, 5.41) is 12.8. The van der Waals surface area contributed by atoms with Crippen LogP contribution in [-0.2, 0) is 5.41 Å². The molecule has 0 fully saturated rings. The number of anilines is 3. The normalized spacial score (nSPS) is 13.0. The Morgan fingerprint density at radius 3 is 1.67 bits per heavy atom. The average molecular weight is 764 g/mol. The molecule has 1 nitrogen and oxygen atoms in total. The molecule has 60 heavy (non-hydrogen) atoms. The zero-order chi connectivity index (χ0) is 40.0. The fraction of sp³-hybridized carbons (Fsp3) is 0.0508. The number of nitrogens with zero attached hydrogens (tertiary/aromatic N) is 1. The minimum atomic E-state index is -0.317. The van der Waals surface area contributed by atoms with Crippen LogP contribution >= 0.6 is 0 Å². The number of fused-ring (bicyclic) bond motifs is 9. The van der Waals surface area contributed by atoms with Crippen LogP contribution in [0, 0.1) is 0 Å². The second kappa shape index (κ2) is 13.3. The molecule has 1 heteroatoms. The summed E-state index contributed by atoms with van der Waals surface area (Å²) < 4.78 is 0. The van der Waals surface area contributed by atoms with Gasteiger partial charge < -0.3 is 4.90 Å². The molecule has 1 aliphatic carbocycles. The molecule has 0 aliphatic heterocycles. The van der Waals surface area contributed by atoms with Gasteiger partial charge in [-0.05, 0) is 135 Å². The molecule has 0 saturated heterocycles. The van der Waals surface area contributed by atoms with Gasteiger partial charge in [0.1, 0.15) is 0 Å². The summed E-state index contributed by atoms with van der Waals surface area (Å²) in [6.07, 6.45) is 0. The smallest absolute Gasteiger partial charge is 0.0508 e. The van der Waals surface area contributed by atoms with Crippen molar-refractivity contribution in [3.05, 3.63) is 223 Å². The van der Waals surface area contributed by atoms with Gasteiger partial charge in [-0.3, -0.25) is 0 Å². The summed E-state index contributed by atoms with van der Waals surface area (Å²) in [5.74, 6) is 0. The van der Waals surface area contributed by atoms with Gasteiger partial charge in [0.15, 0.2) is 0 Å². The molecule has 282 valence electrons. The summed E-state index contributed by atoms with van der Waals surface area (Å²) in [7, 11) is 0. The molecule has 0 aromatic heterocycles. The number of benzene rings is 11. The van der Waals surface area contributed by atoms with E-state index in [0.29, 0.717) is 0 Å². The van der Waals surface area contributed by atoms with Crippen LogP contribution in [0.25, 0.3) is 87.2 Å². The van der Waals surface area contributed by atoms with Crippen molar-refractivity contribution in [2.45, 2.75) is 19.3 Å². The molecule has 0 heterocycles. The van der Waals surface area contributed by atoms with Crippen LogP contribution in [0.2, 0.25) is 0 Å². The van der Waals surface area contributed by atoms with Crippen molar-refractivity contribution < 1.29 is 0 Å². The summed E-state index contributed by atoms with van der Waals surface area (Å²) in [4.78, 5) is 2.52. The molecule has 11 aromatic carbocycles. The first-order chi connectivity index (χ1) is 29.5. The molecular formula is C59H41N. The van der Waals surface area contributed by atoms with E-state index in [-0.39, 0.29) is 5.41 Å². The Bertz CT molecular complexity index is 3470. The Morgan fingerprint density at radius 1 is 0.350 bits per heavy atom. The van der Waals surface area contributed by atoms with Crippen molar-refractivity contribution in [1.82, 2.24) is 0 Å². The maximum absolute atomic E-state index is 2.52. The molecule has 0 spiro atoms. The number of hydrogen-bond acceptors (Lipinski definition) is 1. The van der Waals surface area contributed by atoms with E-state index < -0.39 is 0 Å². The topological polar surface area (TPSA) is 3.24 Å². The van der Waals surface area contributed by atoms with Crippen LogP contribution in [0.1, 0.15) is 25.0 Å². The van der Waals surface area contributed by atoms with Crippen molar-refractivity contribution in [2.75, 3.05) is 4.90 Å². The summed E-state index contributed by atoms with van der Waals surface area (Å²) in [6.45, 7) is 4.85. The third kappa shape index (κ3) is 5.19. The van der Waals surface area contributed by atoms with E-state index >= 15 is 0 Å². The Hall–Kier alpha value is -7.48. The highest BCUT2D eigenvalue weighted by Crippen LogP contribution is 2.56. The quantitative estimate of drug-likeness (QED) is 0.158. The second-order valence-corrected chi connectivity index (χ2v) is 16.8.